The van der Waals surface area contributed by atoms with Crippen molar-refractivity contribution >= 4 is 55.7 Å². The highest BCUT2D eigenvalue weighted by Crippen LogP contribution is 2.64. The van der Waals surface area contributed by atoms with Gasteiger partial charge in [0.2, 0.25) is 0 Å². The van der Waals surface area contributed by atoms with Crippen molar-refractivity contribution in [2.45, 2.75) is 49.4 Å². The summed E-state index contributed by atoms with van der Waals surface area (Å²) in [6.07, 6.45) is 0. The monoisotopic (exact) mass is 1220 g/mol. The molecular weight excluding hydrogens is 1160 g/mol. The van der Waals surface area contributed by atoms with Crippen LogP contribution in [0.5, 0.6) is 0 Å². The van der Waals surface area contributed by atoms with Gasteiger partial charge in [0.25, 0.3) is 0 Å². The van der Waals surface area contributed by atoms with Crippen LogP contribution >= 0.6 is 0 Å². The first-order chi connectivity index (χ1) is 47.1. The maximum absolute atomic E-state index is 2.60. The molecule has 15 aromatic rings. The lowest BCUT2D eigenvalue weighted by Gasteiger charge is -2.47. The zero-order valence-corrected chi connectivity index (χ0v) is 54.2. The Morgan fingerprint density at radius 1 is 0.208 bits per heavy atom. The summed E-state index contributed by atoms with van der Waals surface area (Å²) in [5.74, 6) is 0. The van der Waals surface area contributed by atoms with Crippen LogP contribution in [0.15, 0.2) is 340 Å². The van der Waals surface area contributed by atoms with E-state index in [0.717, 1.165) is 22.7 Å². The minimum Gasteiger partial charge on any atom is -0.310 e. The largest absolute Gasteiger partial charge is 0.310 e. The fourth-order valence-corrected chi connectivity index (χ4v) is 17.9. The Hall–Kier alpha value is -11.6. The Morgan fingerprint density at radius 2 is 0.531 bits per heavy atom. The zero-order valence-electron chi connectivity index (χ0n) is 54.2. The molecule has 0 atom stereocenters. The molecule has 96 heavy (non-hydrogen) atoms. The number of rotatable bonds is 8. The van der Waals surface area contributed by atoms with Gasteiger partial charge in [-0.3, -0.25) is 0 Å². The van der Waals surface area contributed by atoms with E-state index >= 15 is 0 Å². The van der Waals surface area contributed by atoms with E-state index in [4.69, 9.17) is 0 Å². The number of fused-ring (bicyclic) bond motifs is 13. The van der Waals surface area contributed by atoms with Crippen molar-refractivity contribution in [3.63, 3.8) is 0 Å². The third kappa shape index (κ3) is 7.87. The molecule has 2 aliphatic heterocycles. The molecule has 0 radical (unpaired) electrons. The number of hydrogen-bond donors (Lipinski definition) is 0. The van der Waals surface area contributed by atoms with Crippen molar-refractivity contribution in [2.75, 3.05) is 9.80 Å². The molecule has 0 unspecified atom stereocenters. The fraction of sp³-hybridized carbons (Fsp3) is 0.0851. The summed E-state index contributed by atoms with van der Waals surface area (Å²) in [5.41, 5.74) is 30.4. The molecule has 4 aliphatic rings. The molecule has 2 nitrogen and oxygen atoms in total. The maximum Gasteiger partial charge on any atom is 0.0742 e. The van der Waals surface area contributed by atoms with Gasteiger partial charge in [-0.05, 0) is 193 Å². The molecule has 0 aromatic heterocycles. The second kappa shape index (κ2) is 21.0. The molecule has 2 aliphatic carbocycles. The van der Waals surface area contributed by atoms with Crippen LogP contribution in [-0.4, -0.2) is 0 Å². The van der Waals surface area contributed by atoms with E-state index in [-0.39, 0.29) is 10.8 Å². The number of anilines is 6. The highest BCUT2D eigenvalue weighted by atomic mass is 15.2. The van der Waals surface area contributed by atoms with Crippen LogP contribution in [0, 0.1) is 0 Å². The van der Waals surface area contributed by atoms with Crippen LogP contribution in [0.4, 0.5) is 34.1 Å². The first-order valence-corrected chi connectivity index (χ1v) is 33.9. The maximum atomic E-state index is 2.60. The molecule has 0 saturated carbocycles. The Kier molecular flexibility index (Phi) is 12.2. The molecule has 2 heterocycles. The summed E-state index contributed by atoms with van der Waals surface area (Å²) in [6, 6.07) is 129. The number of hydrogen-bond acceptors (Lipinski definition) is 2. The molecule has 15 aromatic carbocycles. The SMILES string of the molecule is CC1(C)c2ccccc2-c2cc3c(cc21)N(c1ccc2c(ccc4cc(N5c6cc(-c7ccccc7)ccc6C(c6ccccc6)(c6ccccc6)c6cc7c(cc65)C(C)(C)c5ccccc5-7)ccc42)c1)c1cc(-c2ccccc2)ccc1C3(c1ccccc1)c1ccccc1. The quantitative estimate of drug-likeness (QED) is 0.140. The second-order valence-electron chi connectivity index (χ2n) is 27.9. The third-order valence-corrected chi connectivity index (χ3v) is 22.3. The van der Waals surface area contributed by atoms with Crippen LogP contribution in [0.1, 0.15) is 94.5 Å². The summed E-state index contributed by atoms with van der Waals surface area (Å²) in [6.45, 7) is 9.64. The van der Waals surface area contributed by atoms with E-state index in [1.165, 1.54) is 144 Å². The third-order valence-electron chi connectivity index (χ3n) is 22.3. The second-order valence-corrected chi connectivity index (χ2v) is 27.9. The molecule has 0 fully saturated rings. The van der Waals surface area contributed by atoms with Gasteiger partial charge in [0.1, 0.15) is 0 Å². The standard InChI is InChI=1S/C94H68N2/c1-91(2)79-41-25-23-39-75(79)77-57-85-89(59-83(77)91)95(87-55-63(61-27-11-5-12-28-61)45-51-81(87)93(85,67-31-15-7-16-32-67)68-33-17-8-18-34-68)71-47-49-73-65(53-71)43-44-66-54-72(48-50-74(66)73)96-88-56-64(62-29-13-6-14-30-62)46-52-82(88)94(69-35-19-9-20-36-69,70-37-21-10-22-38-70)86-58-78-76-40-24-26-42-80(76)92(3,4)84(78)60-90(86)96/h5-60H,1-4H3. The predicted molar refractivity (Wildman–Crippen MR) is 401 cm³/mol. The molecule has 0 amide bonds. The lowest BCUT2D eigenvalue weighted by molar-refractivity contribution is 0.658. The number of benzene rings is 15. The normalized spacial score (nSPS) is 15.2. The van der Waals surface area contributed by atoms with E-state index in [1.807, 2.05) is 0 Å². The highest BCUT2D eigenvalue weighted by molar-refractivity contribution is 6.11. The summed E-state index contributed by atoms with van der Waals surface area (Å²) in [7, 11) is 0. The van der Waals surface area contributed by atoms with E-state index in [2.05, 4.69) is 377 Å². The minimum atomic E-state index is -0.676. The first kappa shape index (κ1) is 56.0. The van der Waals surface area contributed by atoms with Crippen LogP contribution in [-0.2, 0) is 21.7 Å². The van der Waals surface area contributed by atoms with Gasteiger partial charge < -0.3 is 9.80 Å². The molecule has 2 heteroatoms. The van der Waals surface area contributed by atoms with Gasteiger partial charge in [0.15, 0.2) is 0 Å². The summed E-state index contributed by atoms with van der Waals surface area (Å²) >= 11 is 0. The molecular formula is C94H68N2. The molecule has 0 bridgehead atoms. The van der Waals surface area contributed by atoms with Crippen LogP contribution < -0.4 is 9.80 Å². The zero-order chi connectivity index (χ0) is 64.1. The van der Waals surface area contributed by atoms with E-state index in [0.29, 0.717) is 0 Å². The van der Waals surface area contributed by atoms with E-state index in [9.17, 15) is 0 Å². The van der Waals surface area contributed by atoms with Crippen LogP contribution in [0.25, 0.3) is 66.1 Å². The predicted octanol–water partition coefficient (Wildman–Crippen LogP) is 24.3. The van der Waals surface area contributed by atoms with E-state index < -0.39 is 10.8 Å². The lowest BCUT2D eigenvalue weighted by Crippen LogP contribution is -2.38. The minimum absolute atomic E-state index is 0.236. The van der Waals surface area contributed by atoms with Crippen molar-refractivity contribution < 1.29 is 0 Å². The number of nitrogens with zero attached hydrogens (tertiary/aromatic N) is 2. The topological polar surface area (TPSA) is 6.48 Å². The Morgan fingerprint density at radius 3 is 0.896 bits per heavy atom. The Bertz CT molecular complexity index is 5200. The summed E-state index contributed by atoms with van der Waals surface area (Å²) < 4.78 is 0. The molecule has 19 rings (SSSR count). The summed E-state index contributed by atoms with van der Waals surface area (Å²) in [4.78, 5) is 5.20. The highest BCUT2D eigenvalue weighted by Gasteiger charge is 2.51. The average molecular weight is 1230 g/mol. The van der Waals surface area contributed by atoms with Crippen molar-refractivity contribution in [3.8, 4) is 44.5 Å². The smallest absolute Gasteiger partial charge is 0.0742 e. The summed E-state index contributed by atoms with van der Waals surface area (Å²) in [5, 5.41) is 4.78. The molecule has 0 saturated heterocycles. The molecule has 0 spiro atoms. The van der Waals surface area contributed by atoms with Gasteiger partial charge in [-0.2, -0.15) is 0 Å². The van der Waals surface area contributed by atoms with Crippen molar-refractivity contribution in [3.05, 3.63) is 406 Å². The molecule has 0 N–H and O–H groups in total. The van der Waals surface area contributed by atoms with Gasteiger partial charge >= 0.3 is 0 Å². The van der Waals surface area contributed by atoms with Crippen molar-refractivity contribution in [1.29, 1.82) is 0 Å². The van der Waals surface area contributed by atoms with Gasteiger partial charge in [0.05, 0.1) is 33.6 Å². The van der Waals surface area contributed by atoms with Gasteiger partial charge in [-0.15, -0.1) is 0 Å². The first-order valence-electron chi connectivity index (χ1n) is 33.9. The van der Waals surface area contributed by atoms with Crippen molar-refractivity contribution in [2.24, 2.45) is 0 Å². The Labute approximate surface area is 562 Å². The van der Waals surface area contributed by atoms with Crippen molar-refractivity contribution in [1.82, 2.24) is 0 Å². The van der Waals surface area contributed by atoms with Crippen LogP contribution in [0.3, 0.4) is 0 Å². The average Bonchev–Trinajstić information content (AvgIpc) is 0.987. The van der Waals surface area contributed by atoms with Gasteiger partial charge in [-0.25, -0.2) is 0 Å². The molecule has 454 valence electrons. The lowest BCUT2D eigenvalue weighted by atomic mass is 9.61. The Balaban J connectivity index is 0.834. The van der Waals surface area contributed by atoms with Gasteiger partial charge in [0, 0.05) is 22.2 Å². The van der Waals surface area contributed by atoms with Gasteiger partial charge in [-0.1, -0.05) is 307 Å². The van der Waals surface area contributed by atoms with E-state index in [1.54, 1.807) is 0 Å². The van der Waals surface area contributed by atoms with Crippen LogP contribution in [0.2, 0.25) is 0 Å². The fourth-order valence-electron chi connectivity index (χ4n) is 17.9.